The normalized spacial score (nSPS) is 18.8. The van der Waals surface area contributed by atoms with Crippen LogP contribution in [0.2, 0.25) is 0 Å². The van der Waals surface area contributed by atoms with Crippen molar-refractivity contribution in [1.29, 1.82) is 0 Å². The van der Waals surface area contributed by atoms with Crippen LogP contribution in [-0.4, -0.2) is 4.98 Å². The summed E-state index contributed by atoms with van der Waals surface area (Å²) in [5.41, 5.74) is 1.06. The van der Waals surface area contributed by atoms with Gasteiger partial charge >= 0.3 is 0 Å². The van der Waals surface area contributed by atoms with E-state index < -0.39 is 0 Å². The molecule has 0 amide bonds. The lowest BCUT2D eigenvalue weighted by Gasteiger charge is -2.11. The van der Waals surface area contributed by atoms with Crippen molar-refractivity contribution in [2.75, 3.05) is 0 Å². The van der Waals surface area contributed by atoms with Crippen molar-refractivity contribution in [2.45, 2.75) is 13.8 Å². The fourth-order valence-electron chi connectivity index (χ4n) is 1.35. The van der Waals surface area contributed by atoms with Gasteiger partial charge in [-0.05, 0) is 6.07 Å². The molecule has 1 aromatic heterocycles. The molecular formula is C10H12N2. The van der Waals surface area contributed by atoms with E-state index in [9.17, 15) is 0 Å². The van der Waals surface area contributed by atoms with Crippen LogP contribution < -0.4 is 10.7 Å². The average molecular weight is 160 g/mol. The molecule has 0 spiro atoms. The lowest BCUT2D eigenvalue weighted by atomic mass is 9.93. The number of hydrogen-bond donors (Lipinski definition) is 1. The molecule has 2 heterocycles. The third-order valence-electron chi connectivity index (χ3n) is 1.99. The maximum absolute atomic E-state index is 4.28. The van der Waals surface area contributed by atoms with Crippen molar-refractivity contribution in [2.24, 2.45) is 10.4 Å². The van der Waals surface area contributed by atoms with Crippen LogP contribution in [0, 0.1) is 5.41 Å². The summed E-state index contributed by atoms with van der Waals surface area (Å²) in [6.45, 7) is 4.34. The highest BCUT2D eigenvalue weighted by Gasteiger charge is 2.10. The summed E-state index contributed by atoms with van der Waals surface area (Å²) < 4.78 is 0. The third-order valence-corrected chi connectivity index (χ3v) is 1.99. The second kappa shape index (κ2) is 2.34. The number of nitrogens with zero attached hydrogens (tertiary/aromatic N) is 1. The number of hydrogen-bond acceptors (Lipinski definition) is 1. The lowest BCUT2D eigenvalue weighted by molar-refractivity contribution is 0.669. The van der Waals surface area contributed by atoms with Crippen LogP contribution in [0.5, 0.6) is 0 Å². The quantitative estimate of drug-likeness (QED) is 0.586. The summed E-state index contributed by atoms with van der Waals surface area (Å²) in [6, 6.07) is 2.05. The number of fused-ring (bicyclic) bond motifs is 1. The van der Waals surface area contributed by atoms with Gasteiger partial charge in [-0.2, -0.15) is 0 Å². The zero-order chi connectivity index (χ0) is 8.60. The topological polar surface area (TPSA) is 28.1 Å². The smallest absolute Gasteiger partial charge is 0.136 e. The molecular weight excluding hydrogens is 148 g/mol. The minimum Gasteiger partial charge on any atom is -0.346 e. The van der Waals surface area contributed by atoms with Gasteiger partial charge in [-0.3, -0.25) is 0 Å². The fraction of sp³-hybridized carbons (Fsp3) is 0.300. The molecule has 0 aliphatic carbocycles. The van der Waals surface area contributed by atoms with E-state index in [-0.39, 0.29) is 5.41 Å². The first-order valence-electron chi connectivity index (χ1n) is 4.09. The monoisotopic (exact) mass is 160 g/mol. The molecule has 12 heavy (non-hydrogen) atoms. The Morgan fingerprint density at radius 3 is 3.08 bits per heavy atom. The maximum Gasteiger partial charge on any atom is 0.136 e. The molecule has 0 atom stereocenters. The van der Waals surface area contributed by atoms with E-state index in [1.54, 1.807) is 0 Å². The summed E-state index contributed by atoms with van der Waals surface area (Å²) in [5.74, 6) is 0. The summed E-state index contributed by atoms with van der Waals surface area (Å²) >= 11 is 0. The summed E-state index contributed by atoms with van der Waals surface area (Å²) in [7, 11) is 0. The van der Waals surface area contributed by atoms with Crippen LogP contribution in [0.15, 0.2) is 29.5 Å². The van der Waals surface area contributed by atoms with Gasteiger partial charge in [0.05, 0.1) is 0 Å². The molecule has 2 nitrogen and oxygen atoms in total. The van der Waals surface area contributed by atoms with Crippen LogP contribution in [0.25, 0.3) is 6.08 Å². The van der Waals surface area contributed by atoms with Crippen molar-refractivity contribution in [3.8, 4) is 0 Å². The molecule has 0 saturated heterocycles. The van der Waals surface area contributed by atoms with Crippen molar-refractivity contribution in [3.63, 3.8) is 0 Å². The second-order valence-corrected chi connectivity index (χ2v) is 3.69. The molecule has 0 saturated carbocycles. The number of aromatic nitrogens is 1. The molecule has 1 aliphatic heterocycles. The Bertz CT molecular complexity index is 421. The largest absolute Gasteiger partial charge is 0.346 e. The van der Waals surface area contributed by atoms with Crippen LogP contribution in [0.1, 0.15) is 13.8 Å². The number of allylic oxidation sites excluding steroid dienone is 1. The van der Waals surface area contributed by atoms with Gasteiger partial charge in [0.15, 0.2) is 0 Å². The maximum atomic E-state index is 4.28. The van der Waals surface area contributed by atoms with Crippen molar-refractivity contribution in [3.05, 3.63) is 35.2 Å². The molecule has 0 fully saturated rings. The first-order chi connectivity index (χ1) is 5.67. The standard InChI is InChI=1S/C10H12N2/c1-10(2)4-6-12-9-8(7-10)3-5-11-9/h3-7H,1-2H3,(H,11,12). The van der Waals surface area contributed by atoms with E-state index in [2.05, 4.69) is 36.0 Å². The van der Waals surface area contributed by atoms with Crippen LogP contribution in [0.3, 0.4) is 0 Å². The molecule has 0 bridgehead atoms. The highest BCUT2D eigenvalue weighted by molar-refractivity contribution is 5.35. The number of aromatic amines is 1. The van der Waals surface area contributed by atoms with Gasteiger partial charge in [-0.1, -0.05) is 26.0 Å². The molecule has 2 rings (SSSR count). The predicted molar refractivity (Wildman–Crippen MR) is 49.0 cm³/mol. The minimum absolute atomic E-state index is 0.108. The molecule has 1 N–H and O–H groups in total. The van der Waals surface area contributed by atoms with E-state index in [0.29, 0.717) is 0 Å². The fourth-order valence-corrected chi connectivity index (χ4v) is 1.35. The highest BCUT2D eigenvalue weighted by atomic mass is 14.8. The first-order valence-corrected chi connectivity index (χ1v) is 4.09. The first kappa shape index (κ1) is 7.35. The number of H-pyrrole nitrogens is 1. The van der Waals surface area contributed by atoms with Gasteiger partial charge in [-0.25, -0.2) is 4.99 Å². The molecule has 0 radical (unpaired) electrons. The molecule has 1 aromatic rings. The Morgan fingerprint density at radius 2 is 2.25 bits per heavy atom. The van der Waals surface area contributed by atoms with Crippen molar-refractivity contribution < 1.29 is 0 Å². The van der Waals surface area contributed by atoms with Crippen LogP contribution in [-0.2, 0) is 0 Å². The Hall–Kier alpha value is -1.31. The van der Waals surface area contributed by atoms with Crippen molar-refractivity contribution >= 4 is 6.08 Å². The molecule has 0 aromatic carbocycles. The molecule has 2 heteroatoms. The molecule has 0 unspecified atom stereocenters. The van der Waals surface area contributed by atoms with E-state index in [4.69, 9.17) is 0 Å². The van der Waals surface area contributed by atoms with Gasteiger partial charge in [0.25, 0.3) is 0 Å². The second-order valence-electron chi connectivity index (χ2n) is 3.69. The molecule has 62 valence electrons. The zero-order valence-corrected chi connectivity index (χ0v) is 7.33. The van der Waals surface area contributed by atoms with Crippen molar-refractivity contribution in [1.82, 2.24) is 4.98 Å². The highest BCUT2D eigenvalue weighted by Crippen LogP contribution is 2.18. The van der Waals surface area contributed by atoms with E-state index in [1.165, 1.54) is 5.22 Å². The van der Waals surface area contributed by atoms with E-state index in [0.717, 1.165) is 5.49 Å². The van der Waals surface area contributed by atoms with E-state index in [1.807, 2.05) is 18.5 Å². The van der Waals surface area contributed by atoms with Gasteiger partial charge in [-0.15, -0.1) is 0 Å². The lowest BCUT2D eigenvalue weighted by Crippen LogP contribution is -2.23. The predicted octanol–water partition coefficient (Wildman–Crippen LogP) is 0.968. The Morgan fingerprint density at radius 1 is 1.42 bits per heavy atom. The van der Waals surface area contributed by atoms with Crippen LogP contribution >= 0.6 is 0 Å². The summed E-state index contributed by atoms with van der Waals surface area (Å²) in [5, 5.41) is 1.19. The van der Waals surface area contributed by atoms with Gasteiger partial charge < -0.3 is 4.98 Å². The summed E-state index contributed by atoms with van der Waals surface area (Å²) in [4.78, 5) is 7.36. The van der Waals surface area contributed by atoms with Gasteiger partial charge in [0.2, 0.25) is 0 Å². The molecule has 1 aliphatic rings. The van der Waals surface area contributed by atoms with Gasteiger partial charge in [0.1, 0.15) is 5.49 Å². The zero-order valence-electron chi connectivity index (χ0n) is 7.33. The number of nitrogens with one attached hydrogen (secondary N) is 1. The van der Waals surface area contributed by atoms with Gasteiger partial charge in [0, 0.05) is 23.0 Å². The SMILES string of the molecule is CC1(C)C=CN=c2[nH]ccc2=C1. The summed E-state index contributed by atoms with van der Waals surface area (Å²) in [6.07, 6.45) is 8.09. The Labute approximate surface area is 71.3 Å². The van der Waals surface area contributed by atoms with E-state index >= 15 is 0 Å². The minimum atomic E-state index is 0.108. The van der Waals surface area contributed by atoms with Crippen LogP contribution in [0.4, 0.5) is 0 Å². The Balaban J connectivity index is 2.75. The Kier molecular flexibility index (Phi) is 1.43. The third kappa shape index (κ3) is 1.20. The average Bonchev–Trinajstić information content (AvgIpc) is 2.31. The number of rotatable bonds is 0.